The SMILES string of the molecule is OC(c1ccc(C2CCC2)cc1)c1ccc(Br)cc1F. The lowest BCUT2D eigenvalue weighted by Crippen LogP contribution is -2.09. The number of hydrogen-bond acceptors (Lipinski definition) is 1. The second-order valence-corrected chi connectivity index (χ2v) is 6.28. The standard InChI is InChI=1S/C17H16BrFO/c18-14-8-9-15(16(19)10-14)17(20)13-6-4-12(5-7-13)11-2-1-3-11/h4-11,17,20H,1-3H2. The Morgan fingerprint density at radius 2 is 1.80 bits per heavy atom. The highest BCUT2D eigenvalue weighted by Gasteiger charge is 2.20. The highest BCUT2D eigenvalue weighted by molar-refractivity contribution is 9.10. The van der Waals surface area contributed by atoms with Gasteiger partial charge in [0.15, 0.2) is 0 Å². The molecule has 0 bridgehead atoms. The summed E-state index contributed by atoms with van der Waals surface area (Å²) >= 11 is 3.22. The highest BCUT2D eigenvalue weighted by Crippen LogP contribution is 2.37. The molecule has 104 valence electrons. The monoisotopic (exact) mass is 334 g/mol. The van der Waals surface area contributed by atoms with Crippen molar-refractivity contribution < 1.29 is 9.50 Å². The lowest BCUT2D eigenvalue weighted by molar-refractivity contribution is 0.215. The minimum absolute atomic E-state index is 0.310. The van der Waals surface area contributed by atoms with Crippen LogP contribution >= 0.6 is 15.9 Å². The molecule has 1 aliphatic carbocycles. The zero-order valence-corrected chi connectivity index (χ0v) is 12.6. The van der Waals surface area contributed by atoms with Gasteiger partial charge < -0.3 is 5.11 Å². The minimum Gasteiger partial charge on any atom is -0.384 e. The topological polar surface area (TPSA) is 20.2 Å². The molecule has 0 aromatic heterocycles. The Balaban J connectivity index is 1.84. The van der Waals surface area contributed by atoms with Crippen LogP contribution in [0, 0.1) is 5.82 Å². The molecule has 1 unspecified atom stereocenters. The van der Waals surface area contributed by atoms with Crippen molar-refractivity contribution in [3.05, 3.63) is 69.4 Å². The summed E-state index contributed by atoms with van der Waals surface area (Å²) < 4.78 is 14.5. The second-order valence-electron chi connectivity index (χ2n) is 5.36. The number of aliphatic hydroxyl groups is 1. The van der Waals surface area contributed by atoms with Crippen molar-refractivity contribution in [3.63, 3.8) is 0 Å². The van der Waals surface area contributed by atoms with Crippen LogP contribution < -0.4 is 0 Å². The van der Waals surface area contributed by atoms with E-state index in [-0.39, 0.29) is 0 Å². The Morgan fingerprint density at radius 3 is 2.35 bits per heavy atom. The predicted octanol–water partition coefficient (Wildman–Crippen LogP) is 4.94. The van der Waals surface area contributed by atoms with E-state index in [1.165, 1.54) is 30.9 Å². The summed E-state index contributed by atoms with van der Waals surface area (Å²) in [6, 6.07) is 12.6. The molecule has 20 heavy (non-hydrogen) atoms. The largest absolute Gasteiger partial charge is 0.384 e. The summed E-state index contributed by atoms with van der Waals surface area (Å²) in [5.41, 5.74) is 2.36. The summed E-state index contributed by atoms with van der Waals surface area (Å²) in [5, 5.41) is 10.3. The molecule has 0 spiro atoms. The van der Waals surface area contributed by atoms with E-state index in [9.17, 15) is 9.50 Å². The van der Waals surface area contributed by atoms with Gasteiger partial charge in [-0.05, 0) is 42.0 Å². The Bertz CT molecular complexity index is 605. The van der Waals surface area contributed by atoms with Crippen LogP contribution in [0.25, 0.3) is 0 Å². The molecule has 1 N–H and O–H groups in total. The molecule has 0 heterocycles. The minimum atomic E-state index is -0.918. The van der Waals surface area contributed by atoms with Crippen molar-refractivity contribution in [1.82, 2.24) is 0 Å². The van der Waals surface area contributed by atoms with Crippen LogP contribution in [0.2, 0.25) is 0 Å². The third-order valence-electron chi connectivity index (χ3n) is 4.09. The lowest BCUT2D eigenvalue weighted by Gasteiger charge is -2.26. The maximum absolute atomic E-state index is 13.9. The van der Waals surface area contributed by atoms with E-state index in [4.69, 9.17) is 0 Å². The smallest absolute Gasteiger partial charge is 0.130 e. The van der Waals surface area contributed by atoms with E-state index in [0.29, 0.717) is 16.0 Å². The van der Waals surface area contributed by atoms with Crippen LogP contribution in [0.4, 0.5) is 4.39 Å². The maximum atomic E-state index is 13.9. The van der Waals surface area contributed by atoms with Crippen molar-refractivity contribution in [2.75, 3.05) is 0 Å². The molecule has 0 amide bonds. The molecule has 0 radical (unpaired) electrons. The third kappa shape index (κ3) is 2.65. The molecule has 2 aromatic carbocycles. The van der Waals surface area contributed by atoms with E-state index in [0.717, 1.165) is 5.56 Å². The molecule has 1 aliphatic rings. The number of aliphatic hydroxyl groups excluding tert-OH is 1. The van der Waals surface area contributed by atoms with Crippen molar-refractivity contribution in [2.45, 2.75) is 31.3 Å². The molecule has 0 saturated heterocycles. The van der Waals surface area contributed by atoms with Gasteiger partial charge in [-0.25, -0.2) is 4.39 Å². The maximum Gasteiger partial charge on any atom is 0.130 e. The molecule has 1 fully saturated rings. The third-order valence-corrected chi connectivity index (χ3v) is 4.58. The van der Waals surface area contributed by atoms with E-state index in [1.807, 2.05) is 12.1 Å². The number of benzene rings is 2. The first-order valence-corrected chi connectivity index (χ1v) is 7.67. The van der Waals surface area contributed by atoms with E-state index in [1.54, 1.807) is 12.1 Å². The summed E-state index contributed by atoms with van der Waals surface area (Å²) in [6.45, 7) is 0. The van der Waals surface area contributed by atoms with Crippen molar-refractivity contribution >= 4 is 15.9 Å². The van der Waals surface area contributed by atoms with Gasteiger partial charge in [-0.3, -0.25) is 0 Å². The van der Waals surface area contributed by atoms with Crippen LogP contribution in [0.3, 0.4) is 0 Å². The van der Waals surface area contributed by atoms with Crippen molar-refractivity contribution in [3.8, 4) is 0 Å². The van der Waals surface area contributed by atoms with Crippen LogP contribution in [0.1, 0.15) is 48.0 Å². The average Bonchev–Trinajstić information content (AvgIpc) is 2.37. The fraction of sp³-hybridized carbons (Fsp3) is 0.294. The summed E-state index contributed by atoms with van der Waals surface area (Å²) in [6.07, 6.45) is 2.89. The van der Waals surface area contributed by atoms with Gasteiger partial charge in [0.25, 0.3) is 0 Å². The first-order valence-electron chi connectivity index (χ1n) is 6.88. The summed E-state index contributed by atoms with van der Waals surface area (Å²) in [5.74, 6) is 0.278. The first-order chi connectivity index (χ1) is 9.65. The van der Waals surface area contributed by atoms with Gasteiger partial charge >= 0.3 is 0 Å². The molecule has 3 rings (SSSR count). The predicted molar refractivity (Wildman–Crippen MR) is 81.2 cm³/mol. The van der Waals surface area contributed by atoms with E-state index >= 15 is 0 Å². The Labute approximate surface area is 126 Å². The first kappa shape index (κ1) is 13.8. The van der Waals surface area contributed by atoms with Gasteiger partial charge in [0, 0.05) is 10.0 Å². The van der Waals surface area contributed by atoms with Crippen LogP contribution in [0.15, 0.2) is 46.9 Å². The van der Waals surface area contributed by atoms with Crippen LogP contribution in [-0.4, -0.2) is 5.11 Å². The van der Waals surface area contributed by atoms with Crippen molar-refractivity contribution in [1.29, 1.82) is 0 Å². The molecule has 0 aliphatic heterocycles. The number of hydrogen-bond donors (Lipinski definition) is 1. The fourth-order valence-corrected chi connectivity index (χ4v) is 2.93. The highest BCUT2D eigenvalue weighted by atomic mass is 79.9. The number of rotatable bonds is 3. The quantitative estimate of drug-likeness (QED) is 0.843. The molecular weight excluding hydrogens is 319 g/mol. The van der Waals surface area contributed by atoms with E-state index < -0.39 is 11.9 Å². The van der Waals surface area contributed by atoms with Gasteiger partial charge in [0.1, 0.15) is 11.9 Å². The molecule has 1 nitrogen and oxygen atoms in total. The Kier molecular flexibility index (Phi) is 3.90. The lowest BCUT2D eigenvalue weighted by atomic mass is 9.80. The van der Waals surface area contributed by atoms with Crippen LogP contribution in [-0.2, 0) is 0 Å². The Hall–Kier alpha value is -1.19. The zero-order valence-electron chi connectivity index (χ0n) is 11.0. The van der Waals surface area contributed by atoms with Crippen LogP contribution in [0.5, 0.6) is 0 Å². The molecule has 2 aromatic rings. The Morgan fingerprint density at radius 1 is 1.10 bits per heavy atom. The zero-order chi connectivity index (χ0) is 14.1. The van der Waals surface area contributed by atoms with Gasteiger partial charge in [0.05, 0.1) is 0 Å². The van der Waals surface area contributed by atoms with E-state index in [2.05, 4.69) is 28.1 Å². The van der Waals surface area contributed by atoms with Gasteiger partial charge in [-0.2, -0.15) is 0 Å². The fourth-order valence-electron chi connectivity index (χ4n) is 2.59. The molecule has 3 heteroatoms. The molecular formula is C17H16BrFO. The average molecular weight is 335 g/mol. The summed E-state index contributed by atoms with van der Waals surface area (Å²) in [4.78, 5) is 0. The van der Waals surface area contributed by atoms with Gasteiger partial charge in [0.2, 0.25) is 0 Å². The second kappa shape index (κ2) is 5.66. The number of halogens is 2. The molecule has 1 atom stereocenters. The normalized spacial score (nSPS) is 16.8. The van der Waals surface area contributed by atoms with Gasteiger partial charge in [-0.15, -0.1) is 0 Å². The summed E-state index contributed by atoms with van der Waals surface area (Å²) in [7, 11) is 0. The van der Waals surface area contributed by atoms with Gasteiger partial charge in [-0.1, -0.05) is 52.7 Å². The molecule has 1 saturated carbocycles. The van der Waals surface area contributed by atoms with Crippen molar-refractivity contribution in [2.24, 2.45) is 0 Å².